The van der Waals surface area contributed by atoms with Gasteiger partial charge in [0, 0.05) is 25.6 Å². The van der Waals surface area contributed by atoms with Gasteiger partial charge in [0.05, 0.1) is 12.0 Å². The Balaban J connectivity index is 2.80. The minimum Gasteiger partial charge on any atom is -0.387 e. The third kappa shape index (κ3) is 2.88. The summed E-state index contributed by atoms with van der Waals surface area (Å²) in [7, 11) is 1.61. The van der Waals surface area contributed by atoms with Crippen molar-refractivity contribution in [1.29, 1.82) is 5.41 Å². The first-order chi connectivity index (χ1) is 7.41. The van der Waals surface area contributed by atoms with E-state index in [1.807, 2.05) is 0 Å². The van der Waals surface area contributed by atoms with Crippen LogP contribution in [0.3, 0.4) is 0 Å². The standard InChI is InChI=1S/C10H14F2N4/c1-6(9(13)14)5-16(2)10-8(12)3-7(11)4-15-10/h3-4,6H,5H2,1-2H3,(H3,13,14). The Morgan fingerprint density at radius 3 is 2.75 bits per heavy atom. The summed E-state index contributed by atoms with van der Waals surface area (Å²) in [6.07, 6.45) is 0.952. The topological polar surface area (TPSA) is 66.0 Å². The SMILES string of the molecule is CC(CN(C)c1ncc(F)cc1F)C(=N)N. The fourth-order valence-electron chi connectivity index (χ4n) is 1.28. The molecule has 1 rings (SSSR count). The summed E-state index contributed by atoms with van der Waals surface area (Å²) in [6, 6.07) is 0.775. The van der Waals surface area contributed by atoms with Gasteiger partial charge in [-0.2, -0.15) is 0 Å². The zero-order valence-electron chi connectivity index (χ0n) is 9.17. The highest BCUT2D eigenvalue weighted by atomic mass is 19.1. The lowest BCUT2D eigenvalue weighted by Crippen LogP contribution is -2.32. The number of hydrogen-bond acceptors (Lipinski definition) is 3. The van der Waals surface area contributed by atoms with Crippen LogP contribution in [0.25, 0.3) is 0 Å². The molecule has 0 saturated carbocycles. The summed E-state index contributed by atoms with van der Waals surface area (Å²) in [5.41, 5.74) is 5.31. The Labute approximate surface area is 92.6 Å². The Kier molecular flexibility index (Phi) is 3.76. The van der Waals surface area contributed by atoms with Gasteiger partial charge in [-0.25, -0.2) is 13.8 Å². The second-order valence-electron chi connectivity index (χ2n) is 3.70. The second-order valence-corrected chi connectivity index (χ2v) is 3.70. The number of pyridine rings is 1. The van der Waals surface area contributed by atoms with Crippen molar-refractivity contribution in [1.82, 2.24) is 4.98 Å². The molecule has 1 aromatic heterocycles. The molecule has 0 aliphatic heterocycles. The molecule has 1 aromatic rings. The van der Waals surface area contributed by atoms with Crippen molar-refractivity contribution in [3.05, 3.63) is 23.9 Å². The molecule has 1 atom stereocenters. The highest BCUT2D eigenvalue weighted by molar-refractivity contribution is 5.79. The van der Waals surface area contributed by atoms with Crippen molar-refractivity contribution in [2.24, 2.45) is 11.7 Å². The Morgan fingerprint density at radius 1 is 1.62 bits per heavy atom. The smallest absolute Gasteiger partial charge is 0.168 e. The van der Waals surface area contributed by atoms with Crippen molar-refractivity contribution < 1.29 is 8.78 Å². The van der Waals surface area contributed by atoms with Gasteiger partial charge in [-0.05, 0) is 0 Å². The number of nitrogens with one attached hydrogen (secondary N) is 1. The van der Waals surface area contributed by atoms with E-state index in [9.17, 15) is 8.78 Å². The van der Waals surface area contributed by atoms with Gasteiger partial charge < -0.3 is 10.6 Å². The number of rotatable bonds is 4. The zero-order valence-corrected chi connectivity index (χ0v) is 9.17. The normalized spacial score (nSPS) is 12.2. The van der Waals surface area contributed by atoms with Crippen LogP contribution in [0.15, 0.2) is 12.3 Å². The van der Waals surface area contributed by atoms with E-state index in [1.165, 1.54) is 4.90 Å². The fourth-order valence-corrected chi connectivity index (χ4v) is 1.28. The van der Waals surface area contributed by atoms with Crippen molar-refractivity contribution in [2.45, 2.75) is 6.92 Å². The molecule has 1 unspecified atom stereocenters. The average Bonchev–Trinajstić information content (AvgIpc) is 2.16. The van der Waals surface area contributed by atoms with Crippen molar-refractivity contribution >= 4 is 11.7 Å². The van der Waals surface area contributed by atoms with Gasteiger partial charge in [-0.3, -0.25) is 5.41 Å². The van der Waals surface area contributed by atoms with Crippen molar-refractivity contribution in [2.75, 3.05) is 18.5 Å². The molecule has 1 heterocycles. The van der Waals surface area contributed by atoms with Crippen LogP contribution >= 0.6 is 0 Å². The minimum atomic E-state index is -0.724. The molecule has 88 valence electrons. The van der Waals surface area contributed by atoms with Crippen LogP contribution in [-0.2, 0) is 0 Å². The molecule has 0 aliphatic carbocycles. The lowest BCUT2D eigenvalue weighted by atomic mass is 10.1. The lowest BCUT2D eigenvalue weighted by Gasteiger charge is -2.21. The second kappa shape index (κ2) is 4.87. The van der Waals surface area contributed by atoms with Crippen LogP contribution in [0, 0.1) is 23.0 Å². The van der Waals surface area contributed by atoms with Crippen LogP contribution in [0.4, 0.5) is 14.6 Å². The molecular weight excluding hydrogens is 214 g/mol. The maximum atomic E-state index is 13.3. The number of nitrogens with zero attached hydrogens (tertiary/aromatic N) is 2. The summed E-state index contributed by atoms with van der Waals surface area (Å²) < 4.78 is 25.9. The molecule has 0 fully saturated rings. The number of hydrogen-bond donors (Lipinski definition) is 2. The van der Waals surface area contributed by atoms with Gasteiger partial charge >= 0.3 is 0 Å². The number of aromatic nitrogens is 1. The van der Waals surface area contributed by atoms with Gasteiger partial charge in [0.25, 0.3) is 0 Å². The summed E-state index contributed by atoms with van der Waals surface area (Å²) in [6.45, 7) is 2.10. The van der Waals surface area contributed by atoms with Gasteiger partial charge in [0.2, 0.25) is 0 Å². The lowest BCUT2D eigenvalue weighted by molar-refractivity contribution is 0.567. The first-order valence-electron chi connectivity index (χ1n) is 4.78. The van der Waals surface area contributed by atoms with E-state index in [4.69, 9.17) is 11.1 Å². The van der Waals surface area contributed by atoms with Gasteiger partial charge in [0.15, 0.2) is 11.6 Å². The van der Waals surface area contributed by atoms with E-state index in [1.54, 1.807) is 14.0 Å². The van der Waals surface area contributed by atoms with E-state index >= 15 is 0 Å². The molecule has 0 bridgehead atoms. The van der Waals surface area contributed by atoms with Crippen molar-refractivity contribution in [3.63, 3.8) is 0 Å². The molecule has 0 amide bonds. The molecule has 0 aromatic carbocycles. The highest BCUT2D eigenvalue weighted by Crippen LogP contribution is 2.16. The van der Waals surface area contributed by atoms with E-state index in [0.717, 1.165) is 12.3 Å². The average molecular weight is 228 g/mol. The maximum absolute atomic E-state index is 13.3. The molecule has 0 aliphatic rings. The molecular formula is C10H14F2N4. The Hall–Kier alpha value is -1.72. The Bertz CT molecular complexity index is 394. The van der Waals surface area contributed by atoms with E-state index in [-0.39, 0.29) is 17.6 Å². The fraction of sp³-hybridized carbons (Fsp3) is 0.400. The Morgan fingerprint density at radius 2 is 2.25 bits per heavy atom. The first-order valence-corrected chi connectivity index (χ1v) is 4.78. The third-order valence-electron chi connectivity index (χ3n) is 2.23. The van der Waals surface area contributed by atoms with Gasteiger partial charge in [-0.15, -0.1) is 0 Å². The van der Waals surface area contributed by atoms with Crippen LogP contribution in [-0.4, -0.2) is 24.4 Å². The van der Waals surface area contributed by atoms with Crippen LogP contribution < -0.4 is 10.6 Å². The summed E-state index contributed by atoms with van der Waals surface area (Å²) in [5, 5.41) is 7.22. The predicted molar refractivity (Wildman–Crippen MR) is 58.5 cm³/mol. The van der Waals surface area contributed by atoms with Crippen LogP contribution in [0.5, 0.6) is 0 Å². The largest absolute Gasteiger partial charge is 0.387 e. The maximum Gasteiger partial charge on any atom is 0.168 e. The van der Waals surface area contributed by atoms with Crippen LogP contribution in [0.2, 0.25) is 0 Å². The monoisotopic (exact) mass is 228 g/mol. The third-order valence-corrected chi connectivity index (χ3v) is 2.23. The summed E-state index contributed by atoms with van der Waals surface area (Å²) in [5.74, 6) is -1.58. The van der Waals surface area contributed by atoms with Crippen LogP contribution in [0.1, 0.15) is 6.92 Å². The highest BCUT2D eigenvalue weighted by Gasteiger charge is 2.14. The minimum absolute atomic E-state index is 0.0226. The van der Waals surface area contributed by atoms with Gasteiger partial charge in [0.1, 0.15) is 5.82 Å². The molecule has 3 N–H and O–H groups in total. The first kappa shape index (κ1) is 12.4. The zero-order chi connectivity index (χ0) is 12.3. The molecule has 4 nitrogen and oxygen atoms in total. The van der Waals surface area contributed by atoms with Gasteiger partial charge in [-0.1, -0.05) is 6.92 Å². The molecule has 0 saturated heterocycles. The van der Waals surface area contributed by atoms with E-state index in [0.29, 0.717) is 6.54 Å². The summed E-state index contributed by atoms with van der Waals surface area (Å²) >= 11 is 0. The quantitative estimate of drug-likeness (QED) is 0.604. The number of anilines is 1. The molecule has 16 heavy (non-hydrogen) atoms. The van der Waals surface area contributed by atoms with Crippen molar-refractivity contribution in [3.8, 4) is 0 Å². The molecule has 0 radical (unpaired) electrons. The van der Waals surface area contributed by atoms with E-state index in [2.05, 4.69) is 4.98 Å². The number of halogens is 2. The number of nitrogens with two attached hydrogens (primary N) is 1. The van der Waals surface area contributed by atoms with E-state index < -0.39 is 11.6 Å². The molecule has 0 spiro atoms. The predicted octanol–water partition coefficient (Wildman–Crippen LogP) is 1.37. The molecule has 6 heteroatoms. The number of amidine groups is 1. The summed E-state index contributed by atoms with van der Waals surface area (Å²) in [4.78, 5) is 5.16.